The van der Waals surface area contributed by atoms with E-state index in [0.717, 1.165) is 30.5 Å². The number of hydrogen-bond donors (Lipinski definition) is 1. The van der Waals surface area contributed by atoms with Crippen LogP contribution < -0.4 is 23.8 Å². The SMILES string of the molecule is COc1ccc(S(=O)(=O)N2C(=O)C(CCCN3CCNCC3)(c3ccccc3F)c3nc(OC)ccc32)c(OC)c1. The molecule has 41 heavy (non-hydrogen) atoms. The van der Waals surface area contributed by atoms with E-state index in [1.165, 1.54) is 69.9 Å². The van der Waals surface area contributed by atoms with Crippen LogP contribution in [0.3, 0.4) is 0 Å². The molecule has 1 amide bonds. The van der Waals surface area contributed by atoms with Crippen LogP contribution in [-0.4, -0.2) is 78.3 Å². The summed E-state index contributed by atoms with van der Waals surface area (Å²) in [6, 6.07) is 13.1. The molecule has 0 spiro atoms. The third-order valence-corrected chi connectivity index (χ3v) is 9.42. The maximum Gasteiger partial charge on any atom is 0.274 e. The number of anilines is 1. The van der Waals surface area contributed by atoms with Crippen molar-refractivity contribution in [2.75, 3.05) is 58.4 Å². The third kappa shape index (κ3) is 5.00. The molecule has 12 heteroatoms. The van der Waals surface area contributed by atoms with E-state index in [-0.39, 0.29) is 39.9 Å². The van der Waals surface area contributed by atoms with Gasteiger partial charge in [-0.2, -0.15) is 4.31 Å². The first-order valence-electron chi connectivity index (χ1n) is 13.3. The maximum atomic E-state index is 15.6. The highest BCUT2D eigenvalue weighted by Crippen LogP contribution is 2.51. The molecule has 2 aliphatic heterocycles. The van der Waals surface area contributed by atoms with E-state index in [2.05, 4.69) is 15.2 Å². The number of pyridine rings is 1. The standard InChI is InChI=1S/C29H33FN4O6S/c1-38-20-9-11-25(24(19-20)39-2)41(36,37)34-23-10-12-26(40-3)32-27(23)29(28(34)35,21-7-4-5-8-22(21)30)13-6-16-33-17-14-31-15-18-33/h4-5,7-12,19,31H,6,13-18H2,1-3H3. The summed E-state index contributed by atoms with van der Waals surface area (Å²) in [5.74, 6) is -0.867. The average molecular weight is 585 g/mol. The van der Waals surface area contributed by atoms with E-state index in [0.29, 0.717) is 18.7 Å². The lowest BCUT2D eigenvalue weighted by Crippen LogP contribution is -2.46. The van der Waals surface area contributed by atoms with Gasteiger partial charge in [0, 0.05) is 43.9 Å². The summed E-state index contributed by atoms with van der Waals surface area (Å²) in [5.41, 5.74) is -1.48. The zero-order valence-electron chi connectivity index (χ0n) is 23.2. The number of sulfonamides is 1. The normalized spacial score (nSPS) is 19.2. The summed E-state index contributed by atoms with van der Waals surface area (Å²) in [5, 5.41) is 3.31. The Balaban J connectivity index is 1.68. The Hall–Kier alpha value is -3.74. The molecule has 2 aliphatic rings. The van der Waals surface area contributed by atoms with Crippen molar-refractivity contribution in [2.24, 2.45) is 0 Å². The Labute approximate surface area is 239 Å². The fourth-order valence-corrected chi connectivity index (χ4v) is 7.26. The van der Waals surface area contributed by atoms with Crippen LogP contribution in [-0.2, 0) is 20.2 Å². The number of piperazine rings is 1. The van der Waals surface area contributed by atoms with Gasteiger partial charge in [-0.1, -0.05) is 18.2 Å². The largest absolute Gasteiger partial charge is 0.497 e. The van der Waals surface area contributed by atoms with Gasteiger partial charge in [0.2, 0.25) is 5.88 Å². The molecule has 5 rings (SSSR count). The number of carbonyl (C=O) groups excluding carboxylic acids is 1. The van der Waals surface area contributed by atoms with Gasteiger partial charge < -0.3 is 24.4 Å². The number of ether oxygens (including phenoxy) is 3. The van der Waals surface area contributed by atoms with Gasteiger partial charge >= 0.3 is 0 Å². The summed E-state index contributed by atoms with van der Waals surface area (Å²) in [6.07, 6.45) is 0.633. The third-order valence-electron chi connectivity index (χ3n) is 7.69. The second kappa shape index (κ2) is 11.6. The lowest BCUT2D eigenvalue weighted by atomic mass is 9.74. The molecule has 3 heterocycles. The molecule has 0 saturated carbocycles. The summed E-state index contributed by atoms with van der Waals surface area (Å²) in [6.45, 7) is 4.06. The molecular weight excluding hydrogens is 551 g/mol. The topological polar surface area (TPSA) is 110 Å². The van der Waals surface area contributed by atoms with Crippen molar-refractivity contribution in [3.05, 3.63) is 71.7 Å². The molecule has 0 aliphatic carbocycles. The van der Waals surface area contributed by atoms with E-state index in [1.54, 1.807) is 6.07 Å². The molecule has 0 radical (unpaired) electrons. The number of hydrogen-bond acceptors (Lipinski definition) is 9. The van der Waals surface area contributed by atoms with Gasteiger partial charge in [-0.05, 0) is 43.7 Å². The molecular formula is C29H33FN4O6S. The lowest BCUT2D eigenvalue weighted by Gasteiger charge is -2.31. The van der Waals surface area contributed by atoms with Crippen molar-refractivity contribution in [1.29, 1.82) is 0 Å². The number of fused-ring (bicyclic) bond motifs is 1. The number of methoxy groups -OCH3 is 3. The highest BCUT2D eigenvalue weighted by Gasteiger charge is 2.58. The van der Waals surface area contributed by atoms with Crippen molar-refractivity contribution in [3.63, 3.8) is 0 Å². The van der Waals surface area contributed by atoms with Crippen LogP contribution in [0.2, 0.25) is 0 Å². The Morgan fingerprint density at radius 1 is 1.00 bits per heavy atom. The van der Waals surface area contributed by atoms with E-state index in [4.69, 9.17) is 14.2 Å². The second-order valence-corrected chi connectivity index (χ2v) is 11.6. The first-order valence-corrected chi connectivity index (χ1v) is 14.8. The smallest absolute Gasteiger partial charge is 0.274 e. The Morgan fingerprint density at radius 2 is 1.76 bits per heavy atom. The van der Waals surface area contributed by atoms with Gasteiger partial charge in [0.05, 0.1) is 32.7 Å². The highest BCUT2D eigenvalue weighted by atomic mass is 32.2. The van der Waals surface area contributed by atoms with E-state index < -0.39 is 27.2 Å². The number of nitrogens with zero attached hydrogens (tertiary/aromatic N) is 3. The van der Waals surface area contributed by atoms with Gasteiger partial charge in [-0.25, -0.2) is 17.8 Å². The summed E-state index contributed by atoms with van der Waals surface area (Å²) >= 11 is 0. The molecule has 1 saturated heterocycles. The predicted molar refractivity (Wildman–Crippen MR) is 151 cm³/mol. The maximum absolute atomic E-state index is 15.6. The minimum absolute atomic E-state index is 0.00210. The summed E-state index contributed by atoms with van der Waals surface area (Å²) in [7, 11) is -0.334. The number of amides is 1. The number of rotatable bonds is 10. The number of benzene rings is 2. The molecule has 2 aromatic carbocycles. The molecule has 1 fully saturated rings. The van der Waals surface area contributed by atoms with Crippen LogP contribution in [0.15, 0.2) is 59.5 Å². The van der Waals surface area contributed by atoms with Crippen molar-refractivity contribution in [1.82, 2.24) is 15.2 Å². The lowest BCUT2D eigenvalue weighted by molar-refractivity contribution is -0.121. The van der Waals surface area contributed by atoms with Gasteiger partial charge in [0.1, 0.15) is 27.6 Å². The Morgan fingerprint density at radius 3 is 2.44 bits per heavy atom. The predicted octanol–water partition coefficient (Wildman–Crippen LogP) is 2.95. The second-order valence-electron chi connectivity index (χ2n) is 9.89. The van der Waals surface area contributed by atoms with Crippen LogP contribution in [0.1, 0.15) is 24.1 Å². The van der Waals surface area contributed by atoms with Gasteiger partial charge in [-0.15, -0.1) is 0 Å². The number of aromatic nitrogens is 1. The molecule has 10 nitrogen and oxygen atoms in total. The van der Waals surface area contributed by atoms with Crippen molar-refractivity contribution in [2.45, 2.75) is 23.2 Å². The zero-order valence-corrected chi connectivity index (χ0v) is 24.0. The van der Waals surface area contributed by atoms with Crippen LogP contribution in [0, 0.1) is 5.82 Å². The summed E-state index contributed by atoms with van der Waals surface area (Å²) in [4.78, 5) is 21.3. The minimum atomic E-state index is -4.54. The number of nitrogens with one attached hydrogen (secondary N) is 1. The molecule has 1 aromatic heterocycles. The van der Waals surface area contributed by atoms with Crippen LogP contribution in [0.5, 0.6) is 17.4 Å². The Bertz CT molecular complexity index is 1550. The molecule has 218 valence electrons. The van der Waals surface area contributed by atoms with Gasteiger partial charge in [0.15, 0.2) is 0 Å². The van der Waals surface area contributed by atoms with Crippen LogP contribution >= 0.6 is 0 Å². The monoisotopic (exact) mass is 584 g/mol. The fraction of sp³-hybridized carbons (Fsp3) is 0.379. The quantitative estimate of drug-likeness (QED) is 0.385. The van der Waals surface area contributed by atoms with E-state index in [9.17, 15) is 13.2 Å². The molecule has 1 atom stereocenters. The molecule has 1 unspecified atom stereocenters. The van der Waals surface area contributed by atoms with Crippen molar-refractivity contribution < 1.29 is 31.8 Å². The first-order chi connectivity index (χ1) is 19.8. The van der Waals surface area contributed by atoms with Crippen LogP contribution in [0.4, 0.5) is 10.1 Å². The van der Waals surface area contributed by atoms with Crippen molar-refractivity contribution in [3.8, 4) is 17.4 Å². The van der Waals surface area contributed by atoms with Crippen LogP contribution in [0.25, 0.3) is 0 Å². The zero-order chi connectivity index (χ0) is 29.2. The molecule has 3 aromatic rings. The van der Waals surface area contributed by atoms with Crippen molar-refractivity contribution >= 4 is 21.6 Å². The number of halogens is 1. The van der Waals surface area contributed by atoms with E-state index in [1.807, 2.05) is 0 Å². The molecule has 0 bridgehead atoms. The first kappa shape index (κ1) is 28.8. The Kier molecular flexibility index (Phi) is 8.16. The number of carbonyl (C=O) groups is 1. The van der Waals surface area contributed by atoms with Gasteiger partial charge in [-0.3, -0.25) is 4.79 Å². The highest BCUT2D eigenvalue weighted by molar-refractivity contribution is 7.93. The summed E-state index contributed by atoms with van der Waals surface area (Å²) < 4.78 is 60.9. The van der Waals surface area contributed by atoms with E-state index >= 15 is 4.39 Å². The average Bonchev–Trinajstić information content (AvgIpc) is 3.25. The fourth-order valence-electron chi connectivity index (χ4n) is 5.65. The minimum Gasteiger partial charge on any atom is -0.497 e. The molecule has 1 N–H and O–H groups in total. The van der Waals surface area contributed by atoms with Gasteiger partial charge in [0.25, 0.3) is 15.9 Å².